The predicted molar refractivity (Wildman–Crippen MR) is 66.0 cm³/mol. The average Bonchev–Trinajstić information content (AvgIpc) is 2.25. The van der Waals surface area contributed by atoms with Crippen LogP contribution in [0.1, 0.15) is 24.5 Å². The molecule has 0 bridgehead atoms. The van der Waals surface area contributed by atoms with Gasteiger partial charge in [0, 0.05) is 5.02 Å². The summed E-state index contributed by atoms with van der Waals surface area (Å²) in [5.41, 5.74) is 1.07. The first-order chi connectivity index (χ1) is 8.04. The quantitative estimate of drug-likeness (QED) is 0.650. The lowest BCUT2D eigenvalue weighted by molar-refractivity contribution is -0.141. The van der Waals surface area contributed by atoms with Crippen LogP contribution in [0.2, 0.25) is 5.02 Å². The van der Waals surface area contributed by atoms with E-state index in [1.54, 1.807) is 26.0 Å². The fourth-order valence-electron chi connectivity index (χ4n) is 1.25. The van der Waals surface area contributed by atoms with E-state index in [2.05, 4.69) is 11.8 Å². The fraction of sp³-hybridized carbons (Fsp3) is 0.308. The predicted octanol–water partition coefficient (Wildman–Crippen LogP) is 2.66. The highest BCUT2D eigenvalue weighted by Gasteiger charge is 2.04. The third-order valence-corrected chi connectivity index (χ3v) is 2.24. The highest BCUT2D eigenvalue weighted by Crippen LogP contribution is 2.25. The van der Waals surface area contributed by atoms with Crippen LogP contribution in [0, 0.1) is 18.8 Å². The Morgan fingerprint density at radius 2 is 2.24 bits per heavy atom. The van der Waals surface area contributed by atoms with E-state index < -0.39 is 0 Å². The molecule has 0 amide bonds. The topological polar surface area (TPSA) is 46.5 Å². The number of rotatable bonds is 2. The summed E-state index contributed by atoms with van der Waals surface area (Å²) in [6, 6.07) is 3.20. The van der Waals surface area contributed by atoms with E-state index in [0.717, 1.165) is 0 Å². The molecule has 0 aliphatic rings. The number of phenolic OH excluding ortho intramolecular Hbond substituents is 1. The van der Waals surface area contributed by atoms with Crippen LogP contribution in [0.25, 0.3) is 0 Å². The lowest BCUT2D eigenvalue weighted by atomic mass is 10.1. The lowest BCUT2D eigenvalue weighted by Gasteiger charge is -2.02. The van der Waals surface area contributed by atoms with Gasteiger partial charge in [0.1, 0.15) is 12.2 Å². The number of aryl methyl sites for hydroxylation is 1. The van der Waals surface area contributed by atoms with Crippen molar-refractivity contribution in [3.05, 3.63) is 28.3 Å². The Morgan fingerprint density at radius 3 is 2.88 bits per heavy atom. The number of halogens is 1. The molecule has 1 aromatic rings. The van der Waals surface area contributed by atoms with Gasteiger partial charge in [-0.05, 0) is 31.5 Å². The standard InChI is InChI=1S/C13H13ClO3/c1-3-17-12(15)6-4-5-10-8-11(14)7-9(2)13(10)16/h7-8,16H,3,6H2,1-2H3. The SMILES string of the molecule is CCOC(=O)CC#Cc1cc(Cl)cc(C)c1O. The van der Waals surface area contributed by atoms with Crippen LogP contribution >= 0.6 is 11.6 Å². The number of esters is 1. The van der Waals surface area contributed by atoms with Gasteiger partial charge < -0.3 is 9.84 Å². The Morgan fingerprint density at radius 1 is 1.53 bits per heavy atom. The summed E-state index contributed by atoms with van der Waals surface area (Å²) in [5, 5.41) is 10.2. The smallest absolute Gasteiger partial charge is 0.317 e. The maximum Gasteiger partial charge on any atom is 0.317 e. The van der Waals surface area contributed by atoms with Gasteiger partial charge in [0.25, 0.3) is 0 Å². The Bertz CT molecular complexity index is 483. The molecule has 90 valence electrons. The normalized spacial score (nSPS) is 9.35. The molecule has 0 saturated carbocycles. The van der Waals surface area contributed by atoms with E-state index in [9.17, 15) is 9.90 Å². The highest BCUT2D eigenvalue weighted by atomic mass is 35.5. The van der Waals surface area contributed by atoms with Gasteiger partial charge in [-0.3, -0.25) is 4.79 Å². The third-order valence-electron chi connectivity index (χ3n) is 2.03. The Labute approximate surface area is 105 Å². The molecule has 1 aromatic carbocycles. The second-order valence-corrected chi connectivity index (χ2v) is 3.84. The van der Waals surface area contributed by atoms with Crippen LogP contribution in [0.5, 0.6) is 5.75 Å². The van der Waals surface area contributed by atoms with Crippen molar-refractivity contribution >= 4 is 17.6 Å². The Hall–Kier alpha value is -1.66. The summed E-state index contributed by atoms with van der Waals surface area (Å²) in [4.78, 5) is 11.0. The zero-order valence-corrected chi connectivity index (χ0v) is 10.5. The summed E-state index contributed by atoms with van der Waals surface area (Å²) in [7, 11) is 0. The maximum absolute atomic E-state index is 11.0. The van der Waals surface area contributed by atoms with Crippen LogP contribution in [0.4, 0.5) is 0 Å². The molecule has 0 aliphatic carbocycles. The zero-order chi connectivity index (χ0) is 12.8. The maximum atomic E-state index is 11.0. The van der Waals surface area contributed by atoms with E-state index in [4.69, 9.17) is 16.3 Å². The number of hydrogen-bond donors (Lipinski definition) is 1. The molecule has 4 heteroatoms. The van der Waals surface area contributed by atoms with Gasteiger partial charge in [-0.15, -0.1) is 0 Å². The molecule has 0 aromatic heterocycles. The van der Waals surface area contributed by atoms with E-state index in [0.29, 0.717) is 22.8 Å². The van der Waals surface area contributed by atoms with Crippen LogP contribution in [0.3, 0.4) is 0 Å². The molecule has 0 saturated heterocycles. The number of aromatic hydroxyl groups is 1. The third kappa shape index (κ3) is 4.01. The van der Waals surface area contributed by atoms with Crippen LogP contribution in [-0.2, 0) is 9.53 Å². The van der Waals surface area contributed by atoms with Crippen molar-refractivity contribution in [3.8, 4) is 17.6 Å². The first-order valence-corrected chi connectivity index (χ1v) is 5.56. The number of benzene rings is 1. The molecule has 1 N–H and O–H groups in total. The molecule has 0 heterocycles. The van der Waals surface area contributed by atoms with Crippen molar-refractivity contribution in [2.24, 2.45) is 0 Å². The van der Waals surface area contributed by atoms with Gasteiger partial charge in [0.15, 0.2) is 0 Å². The minimum absolute atomic E-state index is 0.00115. The summed E-state index contributed by atoms with van der Waals surface area (Å²) >= 11 is 5.84. The van der Waals surface area contributed by atoms with Crippen molar-refractivity contribution in [2.45, 2.75) is 20.3 Å². The highest BCUT2D eigenvalue weighted by molar-refractivity contribution is 6.30. The van der Waals surface area contributed by atoms with Crippen LogP contribution in [0.15, 0.2) is 12.1 Å². The van der Waals surface area contributed by atoms with Crippen molar-refractivity contribution in [2.75, 3.05) is 6.61 Å². The molecule has 1 rings (SSSR count). The van der Waals surface area contributed by atoms with Crippen molar-refractivity contribution in [3.63, 3.8) is 0 Å². The number of carbonyl (C=O) groups excluding carboxylic acids is 1. The Kier molecular flexibility index (Phi) is 4.86. The largest absolute Gasteiger partial charge is 0.506 e. The van der Waals surface area contributed by atoms with Crippen LogP contribution in [-0.4, -0.2) is 17.7 Å². The number of carbonyl (C=O) groups is 1. The molecule has 17 heavy (non-hydrogen) atoms. The summed E-state index contributed by atoms with van der Waals surface area (Å²) in [5.74, 6) is 5.05. The van der Waals surface area contributed by atoms with Gasteiger partial charge in [-0.2, -0.15) is 0 Å². The fourth-order valence-corrected chi connectivity index (χ4v) is 1.53. The Balaban J connectivity index is 2.82. The molecule has 0 atom stereocenters. The number of phenols is 1. The summed E-state index contributed by atoms with van der Waals surface area (Å²) in [6.45, 7) is 3.80. The first kappa shape index (κ1) is 13.4. The summed E-state index contributed by atoms with van der Waals surface area (Å²) < 4.78 is 4.73. The number of hydrogen-bond acceptors (Lipinski definition) is 3. The van der Waals surface area contributed by atoms with Crippen molar-refractivity contribution in [1.82, 2.24) is 0 Å². The van der Waals surface area contributed by atoms with Gasteiger partial charge in [0.2, 0.25) is 0 Å². The molecular formula is C13H13ClO3. The van der Waals surface area contributed by atoms with E-state index >= 15 is 0 Å². The van der Waals surface area contributed by atoms with Crippen molar-refractivity contribution < 1.29 is 14.6 Å². The van der Waals surface area contributed by atoms with Gasteiger partial charge in [0.05, 0.1) is 12.2 Å². The minimum Gasteiger partial charge on any atom is -0.506 e. The van der Waals surface area contributed by atoms with Crippen molar-refractivity contribution in [1.29, 1.82) is 0 Å². The minimum atomic E-state index is -0.377. The molecule has 0 fully saturated rings. The lowest BCUT2D eigenvalue weighted by Crippen LogP contribution is -2.01. The monoisotopic (exact) mass is 252 g/mol. The van der Waals surface area contributed by atoms with Gasteiger partial charge in [-0.1, -0.05) is 23.4 Å². The van der Waals surface area contributed by atoms with Gasteiger partial charge in [-0.25, -0.2) is 0 Å². The average molecular weight is 253 g/mol. The van der Waals surface area contributed by atoms with E-state index in [1.807, 2.05) is 0 Å². The van der Waals surface area contributed by atoms with Gasteiger partial charge >= 0.3 is 5.97 Å². The van der Waals surface area contributed by atoms with Crippen LogP contribution < -0.4 is 0 Å². The second kappa shape index (κ2) is 6.17. The second-order valence-electron chi connectivity index (χ2n) is 3.40. The molecule has 3 nitrogen and oxygen atoms in total. The van der Waals surface area contributed by atoms with E-state index in [1.165, 1.54) is 0 Å². The molecular weight excluding hydrogens is 240 g/mol. The molecule has 0 unspecified atom stereocenters. The summed E-state index contributed by atoms with van der Waals surface area (Å²) in [6.07, 6.45) is -0.00115. The first-order valence-electron chi connectivity index (χ1n) is 5.18. The molecule has 0 radical (unpaired) electrons. The molecule has 0 aliphatic heterocycles. The molecule has 0 spiro atoms. The zero-order valence-electron chi connectivity index (χ0n) is 9.71. The van der Waals surface area contributed by atoms with E-state index in [-0.39, 0.29) is 18.1 Å². The number of ether oxygens (including phenoxy) is 1.